The third-order valence-corrected chi connectivity index (χ3v) is 5.31. The number of carbonyl (C=O) groups excluding carboxylic acids is 1. The maximum absolute atomic E-state index is 12.4. The number of allylic oxidation sites excluding steroid dienone is 1. The number of hydrogen-bond donors (Lipinski definition) is 1. The highest BCUT2D eigenvalue weighted by atomic mass is 79.9. The summed E-state index contributed by atoms with van der Waals surface area (Å²) in [5.74, 6) is 0.0729. The van der Waals surface area contributed by atoms with E-state index < -0.39 is 11.4 Å². The molecule has 1 saturated heterocycles. The summed E-state index contributed by atoms with van der Waals surface area (Å²) in [5.41, 5.74) is 0.288. The number of aliphatic hydroxyl groups is 1. The number of aryl methyl sites for hydroxylation is 1. The Morgan fingerprint density at radius 3 is 2.76 bits per heavy atom. The average molecular weight is 448 g/mol. The molecule has 1 aromatic rings. The molecule has 3 rings (SSSR count). The van der Waals surface area contributed by atoms with Gasteiger partial charge in [-0.25, -0.2) is 0 Å². The second kappa shape index (κ2) is 7.80. The van der Waals surface area contributed by atoms with Crippen LogP contribution in [0.2, 0.25) is 5.02 Å². The molecule has 7 heteroatoms. The molecule has 1 aromatic carbocycles. The van der Waals surface area contributed by atoms with Gasteiger partial charge in [-0.1, -0.05) is 23.2 Å². The maximum atomic E-state index is 12.4. The quantitative estimate of drug-likeness (QED) is 0.719. The van der Waals surface area contributed by atoms with Crippen molar-refractivity contribution in [3.8, 4) is 5.75 Å². The van der Waals surface area contributed by atoms with Crippen molar-refractivity contribution >= 4 is 44.9 Å². The van der Waals surface area contributed by atoms with E-state index in [0.717, 1.165) is 18.4 Å². The SMILES string of the molecule is O=C1C(Cl)=CC2(C=C1Oc1c(Cl)cc(CCCO)cc1Br)CCCO2. The predicted octanol–water partition coefficient (Wildman–Crippen LogP) is 4.54. The fourth-order valence-electron chi connectivity index (χ4n) is 2.96. The van der Waals surface area contributed by atoms with Crippen molar-refractivity contribution in [2.24, 2.45) is 0 Å². The van der Waals surface area contributed by atoms with Gasteiger partial charge in [-0.15, -0.1) is 0 Å². The van der Waals surface area contributed by atoms with Crippen LogP contribution in [0, 0.1) is 0 Å². The minimum absolute atomic E-state index is 0.0891. The van der Waals surface area contributed by atoms with E-state index in [2.05, 4.69) is 15.9 Å². The Bertz CT molecular complexity index is 728. The summed E-state index contributed by atoms with van der Waals surface area (Å²) in [4.78, 5) is 12.4. The van der Waals surface area contributed by atoms with Gasteiger partial charge in [0.1, 0.15) is 5.60 Å². The number of benzene rings is 1. The highest BCUT2D eigenvalue weighted by Crippen LogP contribution is 2.40. The normalized spacial score (nSPS) is 23.0. The maximum Gasteiger partial charge on any atom is 0.239 e. The van der Waals surface area contributed by atoms with E-state index in [0.29, 0.717) is 34.7 Å². The number of carbonyl (C=O) groups is 1. The summed E-state index contributed by atoms with van der Waals surface area (Å²) in [6.45, 7) is 0.727. The first-order valence-electron chi connectivity index (χ1n) is 8.00. The van der Waals surface area contributed by atoms with Crippen LogP contribution in [0.5, 0.6) is 5.75 Å². The number of ether oxygens (including phenoxy) is 2. The van der Waals surface area contributed by atoms with Gasteiger partial charge in [-0.3, -0.25) is 4.79 Å². The highest BCUT2D eigenvalue weighted by Gasteiger charge is 2.38. The first-order valence-corrected chi connectivity index (χ1v) is 9.55. The predicted molar refractivity (Wildman–Crippen MR) is 100 cm³/mol. The molecule has 25 heavy (non-hydrogen) atoms. The zero-order valence-electron chi connectivity index (χ0n) is 13.4. The van der Waals surface area contributed by atoms with Crippen LogP contribution in [0.1, 0.15) is 24.8 Å². The van der Waals surface area contributed by atoms with Crippen molar-refractivity contribution in [2.45, 2.75) is 31.3 Å². The molecule has 2 aliphatic rings. The van der Waals surface area contributed by atoms with Crippen LogP contribution in [-0.2, 0) is 16.0 Å². The number of aliphatic hydroxyl groups excluding tert-OH is 1. The van der Waals surface area contributed by atoms with Gasteiger partial charge in [0, 0.05) is 13.2 Å². The number of Topliss-reactive ketones (excluding diaryl/α,β-unsaturated/α-hetero) is 1. The smallest absolute Gasteiger partial charge is 0.239 e. The lowest BCUT2D eigenvalue weighted by atomic mass is 9.93. The van der Waals surface area contributed by atoms with E-state index in [-0.39, 0.29) is 17.4 Å². The summed E-state index contributed by atoms with van der Waals surface area (Å²) in [6.07, 6.45) is 6.30. The minimum Gasteiger partial charge on any atom is -0.451 e. The molecule has 1 aliphatic carbocycles. The molecular weight excluding hydrogens is 431 g/mol. The molecule has 1 atom stereocenters. The van der Waals surface area contributed by atoms with Gasteiger partial charge in [0.15, 0.2) is 11.5 Å². The second-order valence-electron chi connectivity index (χ2n) is 6.05. The lowest BCUT2D eigenvalue weighted by Gasteiger charge is -2.26. The first kappa shape index (κ1) is 18.9. The first-order chi connectivity index (χ1) is 11.9. The van der Waals surface area contributed by atoms with Crippen molar-refractivity contribution in [2.75, 3.05) is 13.2 Å². The third-order valence-electron chi connectivity index (χ3n) is 4.16. The minimum atomic E-state index is -0.680. The Labute approximate surface area is 164 Å². The van der Waals surface area contributed by atoms with E-state index >= 15 is 0 Å². The molecule has 1 fully saturated rings. The van der Waals surface area contributed by atoms with Crippen LogP contribution >= 0.6 is 39.1 Å². The molecule has 1 N–H and O–H groups in total. The van der Waals surface area contributed by atoms with Crippen molar-refractivity contribution in [1.82, 2.24) is 0 Å². The molecule has 0 amide bonds. The topological polar surface area (TPSA) is 55.8 Å². The van der Waals surface area contributed by atoms with Gasteiger partial charge in [-0.2, -0.15) is 0 Å². The number of halogens is 3. The summed E-state index contributed by atoms with van der Waals surface area (Å²) in [7, 11) is 0. The van der Waals surface area contributed by atoms with Crippen molar-refractivity contribution in [3.05, 3.63) is 50.1 Å². The zero-order chi connectivity index (χ0) is 18.0. The summed E-state index contributed by atoms with van der Waals surface area (Å²) >= 11 is 15.9. The lowest BCUT2D eigenvalue weighted by molar-refractivity contribution is -0.114. The summed E-state index contributed by atoms with van der Waals surface area (Å²) < 4.78 is 12.2. The van der Waals surface area contributed by atoms with E-state index in [1.165, 1.54) is 0 Å². The number of ketones is 1. The Kier molecular flexibility index (Phi) is 5.91. The second-order valence-corrected chi connectivity index (χ2v) is 7.72. The van der Waals surface area contributed by atoms with E-state index in [4.69, 9.17) is 37.8 Å². The Hall–Kier alpha value is -0.850. The Balaban J connectivity index is 1.88. The van der Waals surface area contributed by atoms with Gasteiger partial charge < -0.3 is 14.6 Å². The van der Waals surface area contributed by atoms with Crippen LogP contribution in [0.4, 0.5) is 0 Å². The zero-order valence-corrected chi connectivity index (χ0v) is 16.5. The van der Waals surface area contributed by atoms with Gasteiger partial charge in [0.05, 0.1) is 14.5 Å². The monoisotopic (exact) mass is 446 g/mol. The highest BCUT2D eigenvalue weighted by molar-refractivity contribution is 9.10. The molecule has 1 unspecified atom stereocenters. The molecule has 0 saturated carbocycles. The molecular formula is C18H17BrCl2O4. The van der Waals surface area contributed by atoms with E-state index in [1.807, 2.05) is 6.07 Å². The van der Waals surface area contributed by atoms with E-state index in [9.17, 15) is 4.79 Å². The third kappa shape index (κ3) is 4.12. The molecule has 0 aromatic heterocycles. The standard InChI is InChI=1S/C18H17BrCl2O4/c19-12-7-11(3-1-5-22)8-13(20)17(12)25-15-10-18(4-2-6-24-18)9-14(21)16(15)23/h7-10,22H,1-6H2. The van der Waals surface area contributed by atoms with Crippen LogP contribution in [0.25, 0.3) is 0 Å². The molecule has 1 spiro atoms. The number of hydrogen-bond acceptors (Lipinski definition) is 4. The molecule has 0 radical (unpaired) electrons. The molecule has 1 heterocycles. The van der Waals surface area contributed by atoms with Gasteiger partial charge in [-0.05, 0) is 71.5 Å². The Morgan fingerprint density at radius 2 is 2.12 bits per heavy atom. The molecule has 1 aliphatic heterocycles. The molecule has 134 valence electrons. The van der Waals surface area contributed by atoms with Crippen molar-refractivity contribution in [1.29, 1.82) is 0 Å². The lowest BCUT2D eigenvalue weighted by Crippen LogP contribution is -2.30. The Morgan fingerprint density at radius 1 is 1.32 bits per heavy atom. The fourth-order valence-corrected chi connectivity index (χ4v) is 4.22. The molecule has 4 nitrogen and oxygen atoms in total. The molecule has 0 bridgehead atoms. The number of rotatable bonds is 5. The van der Waals surface area contributed by atoms with Gasteiger partial charge >= 0.3 is 0 Å². The summed E-state index contributed by atoms with van der Waals surface area (Å²) in [6, 6.07) is 3.63. The fraction of sp³-hybridized carbons (Fsp3) is 0.389. The van der Waals surface area contributed by atoms with Crippen LogP contribution < -0.4 is 4.74 Å². The van der Waals surface area contributed by atoms with Crippen molar-refractivity contribution < 1.29 is 19.4 Å². The van der Waals surface area contributed by atoms with Crippen molar-refractivity contribution in [3.63, 3.8) is 0 Å². The summed E-state index contributed by atoms with van der Waals surface area (Å²) in [5, 5.41) is 9.42. The van der Waals surface area contributed by atoms with E-state index in [1.54, 1.807) is 18.2 Å². The average Bonchev–Trinajstić information content (AvgIpc) is 3.01. The largest absolute Gasteiger partial charge is 0.451 e. The van der Waals surface area contributed by atoms with Crippen LogP contribution in [-0.4, -0.2) is 29.7 Å². The van der Waals surface area contributed by atoms with Gasteiger partial charge in [0.2, 0.25) is 5.78 Å². The van der Waals surface area contributed by atoms with Gasteiger partial charge in [0.25, 0.3) is 0 Å². The van der Waals surface area contributed by atoms with Crippen LogP contribution in [0.3, 0.4) is 0 Å². The van der Waals surface area contributed by atoms with Crippen LogP contribution in [0.15, 0.2) is 39.5 Å².